The smallest absolute Gasteiger partial charge is 0.294 e. The second-order valence-corrected chi connectivity index (χ2v) is 12.1. The Morgan fingerprint density at radius 2 is 1.91 bits per heavy atom. The van der Waals surface area contributed by atoms with Gasteiger partial charge in [0.2, 0.25) is 17.8 Å². The van der Waals surface area contributed by atoms with Gasteiger partial charge in [0.25, 0.3) is 5.91 Å². The molecule has 2 aliphatic carbocycles. The standard InChI is InChI=1S/C30H34F4N8O2/c1-18(2)42-25(6-10-37-42)28(44)36-16-22(20-3-7-29(31,32)8-4-20)24-17-41-26(39-24)12-21(15-38-41)23(5-9-35)40-27(43)11-19-13-30(33,34)14-19/h6,10,12,15-20,22-23H,3-5,7-8,11,13-14H2,1-2H3,(H,40,43)/t22?,23-/m0/s1. The summed E-state index contributed by atoms with van der Waals surface area (Å²) in [6.07, 6.45) is 5.22. The third kappa shape index (κ3) is 7.14. The molecule has 1 N–H and O–H groups in total. The minimum atomic E-state index is -2.74. The van der Waals surface area contributed by atoms with E-state index in [0.717, 1.165) is 0 Å². The lowest BCUT2D eigenvalue weighted by molar-refractivity contribution is -0.134. The number of nitrogens with zero attached hydrogens (tertiary/aromatic N) is 7. The Bertz CT molecular complexity index is 1570. The second-order valence-electron chi connectivity index (χ2n) is 12.1. The Morgan fingerprint density at radius 3 is 2.57 bits per heavy atom. The molecule has 0 aromatic carbocycles. The number of carbonyl (C=O) groups excluding carboxylic acids is 2. The van der Waals surface area contributed by atoms with Gasteiger partial charge in [-0.25, -0.2) is 32.1 Å². The molecule has 0 saturated heterocycles. The van der Waals surface area contributed by atoms with Crippen molar-refractivity contribution in [2.24, 2.45) is 16.8 Å². The highest BCUT2D eigenvalue weighted by Crippen LogP contribution is 2.44. The van der Waals surface area contributed by atoms with Crippen molar-refractivity contribution in [2.45, 2.75) is 95.1 Å². The first-order valence-corrected chi connectivity index (χ1v) is 14.7. The predicted molar refractivity (Wildman–Crippen MR) is 151 cm³/mol. The number of aliphatic imine (C=N–C) groups is 1. The van der Waals surface area contributed by atoms with Crippen molar-refractivity contribution in [3.8, 4) is 6.07 Å². The van der Waals surface area contributed by atoms with Gasteiger partial charge in [-0.2, -0.15) is 15.5 Å². The molecule has 0 bridgehead atoms. The molecule has 44 heavy (non-hydrogen) atoms. The lowest BCUT2D eigenvalue weighted by atomic mass is 9.78. The SMILES string of the molecule is CC(C)n1nccc1C(=O)N=CC(c1cn2ncc([C@H](CC#N)NC(=O)CC3CC(F)(F)C3)cc2n1)C1CCC(F)(F)CC1. The number of hydrogen-bond donors (Lipinski definition) is 1. The van der Waals surface area contributed by atoms with Crippen molar-refractivity contribution >= 4 is 23.7 Å². The predicted octanol–water partition coefficient (Wildman–Crippen LogP) is 5.83. The fourth-order valence-corrected chi connectivity index (χ4v) is 6.02. The summed E-state index contributed by atoms with van der Waals surface area (Å²) in [6, 6.07) is 4.47. The van der Waals surface area contributed by atoms with Crippen LogP contribution in [0.1, 0.15) is 105 Å². The highest BCUT2D eigenvalue weighted by atomic mass is 19.3. The number of imidazole rings is 1. The van der Waals surface area contributed by atoms with E-state index in [4.69, 9.17) is 4.98 Å². The lowest BCUT2D eigenvalue weighted by Crippen LogP contribution is -2.39. The molecular formula is C30H34F4N8O2. The van der Waals surface area contributed by atoms with Crippen LogP contribution >= 0.6 is 0 Å². The van der Waals surface area contributed by atoms with Crippen molar-refractivity contribution in [3.05, 3.63) is 47.7 Å². The Labute approximate surface area is 251 Å². The zero-order chi connectivity index (χ0) is 31.6. The van der Waals surface area contributed by atoms with Crippen molar-refractivity contribution < 1.29 is 27.2 Å². The first-order valence-electron chi connectivity index (χ1n) is 14.7. The molecule has 10 nitrogen and oxygen atoms in total. The van der Waals surface area contributed by atoms with Crippen LogP contribution in [0.2, 0.25) is 0 Å². The number of fused-ring (bicyclic) bond motifs is 1. The van der Waals surface area contributed by atoms with E-state index in [1.165, 1.54) is 23.1 Å². The van der Waals surface area contributed by atoms with Crippen LogP contribution < -0.4 is 5.32 Å². The molecule has 5 rings (SSSR count). The van der Waals surface area contributed by atoms with Gasteiger partial charge < -0.3 is 5.32 Å². The van der Waals surface area contributed by atoms with Crippen molar-refractivity contribution in [2.75, 3.05) is 0 Å². The van der Waals surface area contributed by atoms with Crippen LogP contribution in [0.25, 0.3) is 5.65 Å². The van der Waals surface area contributed by atoms with Gasteiger partial charge in [0.1, 0.15) is 5.69 Å². The summed E-state index contributed by atoms with van der Waals surface area (Å²) in [6.45, 7) is 3.78. The molecule has 0 spiro atoms. The number of halogens is 4. The molecule has 2 fully saturated rings. The van der Waals surface area contributed by atoms with Gasteiger partial charge in [0, 0.05) is 56.5 Å². The summed E-state index contributed by atoms with van der Waals surface area (Å²) in [4.78, 5) is 34.5. The number of carbonyl (C=O) groups is 2. The fourth-order valence-electron chi connectivity index (χ4n) is 6.02. The van der Waals surface area contributed by atoms with E-state index in [2.05, 4.69) is 20.5 Å². The van der Waals surface area contributed by atoms with Crippen molar-refractivity contribution in [3.63, 3.8) is 0 Å². The molecule has 2 saturated carbocycles. The van der Waals surface area contributed by atoms with Gasteiger partial charge in [0.15, 0.2) is 5.65 Å². The summed E-state index contributed by atoms with van der Waals surface area (Å²) in [5, 5.41) is 20.7. The molecule has 2 atom stereocenters. The van der Waals surface area contributed by atoms with E-state index in [1.54, 1.807) is 23.0 Å². The molecule has 234 valence electrons. The first kappa shape index (κ1) is 31.3. The van der Waals surface area contributed by atoms with Crippen molar-refractivity contribution in [1.82, 2.24) is 29.7 Å². The maximum absolute atomic E-state index is 14.0. The van der Waals surface area contributed by atoms with E-state index in [1.807, 2.05) is 19.9 Å². The Kier molecular flexibility index (Phi) is 8.85. The number of aromatic nitrogens is 5. The minimum absolute atomic E-state index is 0.0567. The van der Waals surface area contributed by atoms with Crippen LogP contribution in [-0.4, -0.2) is 54.3 Å². The number of amides is 2. The van der Waals surface area contributed by atoms with Crippen molar-refractivity contribution in [1.29, 1.82) is 5.26 Å². The van der Waals surface area contributed by atoms with E-state index in [-0.39, 0.29) is 63.3 Å². The zero-order valence-electron chi connectivity index (χ0n) is 24.5. The topological polar surface area (TPSA) is 130 Å². The Balaban J connectivity index is 1.38. The van der Waals surface area contributed by atoms with Gasteiger partial charge in [-0.15, -0.1) is 0 Å². The van der Waals surface area contributed by atoms with Crippen LogP contribution in [0.15, 0.2) is 35.7 Å². The van der Waals surface area contributed by atoms with Gasteiger partial charge in [-0.05, 0) is 56.2 Å². The molecule has 1 unspecified atom stereocenters. The van der Waals surface area contributed by atoms with Gasteiger partial charge in [-0.1, -0.05) is 0 Å². The molecule has 0 aliphatic heterocycles. The van der Waals surface area contributed by atoms with E-state index in [9.17, 15) is 32.4 Å². The van der Waals surface area contributed by atoms with Crippen LogP contribution in [0, 0.1) is 23.2 Å². The third-order valence-electron chi connectivity index (χ3n) is 8.38. The quantitative estimate of drug-likeness (QED) is 0.226. The van der Waals surface area contributed by atoms with Gasteiger partial charge in [-0.3, -0.25) is 14.3 Å². The second kappa shape index (κ2) is 12.5. The normalized spacial score (nSPS) is 20.0. The monoisotopic (exact) mass is 614 g/mol. The maximum atomic E-state index is 14.0. The lowest BCUT2D eigenvalue weighted by Gasteiger charge is -2.34. The number of hydrogen-bond acceptors (Lipinski definition) is 6. The van der Waals surface area contributed by atoms with Gasteiger partial charge in [0.05, 0.1) is 36.6 Å². The highest BCUT2D eigenvalue weighted by Gasteiger charge is 2.46. The van der Waals surface area contributed by atoms with E-state index in [0.29, 0.717) is 22.6 Å². The zero-order valence-corrected chi connectivity index (χ0v) is 24.5. The number of nitriles is 1. The van der Waals surface area contributed by atoms with Gasteiger partial charge >= 0.3 is 0 Å². The summed E-state index contributed by atoms with van der Waals surface area (Å²) in [5.74, 6) is -7.60. The third-order valence-corrected chi connectivity index (χ3v) is 8.38. The summed E-state index contributed by atoms with van der Waals surface area (Å²) in [7, 11) is 0. The number of alkyl halides is 4. The molecule has 2 amide bonds. The fraction of sp³-hybridized carbons (Fsp3) is 0.567. The average molecular weight is 615 g/mol. The molecule has 3 heterocycles. The van der Waals surface area contributed by atoms with E-state index >= 15 is 0 Å². The number of rotatable bonds is 10. The summed E-state index contributed by atoms with van der Waals surface area (Å²) in [5.41, 5.74) is 1.69. The molecule has 2 aliphatic rings. The summed E-state index contributed by atoms with van der Waals surface area (Å²) < 4.78 is 57.5. The average Bonchev–Trinajstić information content (AvgIpc) is 3.60. The number of nitrogens with one attached hydrogen (secondary N) is 1. The largest absolute Gasteiger partial charge is 0.348 e. The van der Waals surface area contributed by atoms with Crippen LogP contribution in [0.5, 0.6) is 0 Å². The van der Waals surface area contributed by atoms with Crippen LogP contribution in [0.4, 0.5) is 17.6 Å². The first-order chi connectivity index (χ1) is 20.8. The summed E-state index contributed by atoms with van der Waals surface area (Å²) >= 11 is 0. The van der Waals surface area contributed by atoms with E-state index < -0.39 is 41.5 Å². The molecule has 3 aromatic heterocycles. The molecule has 3 aromatic rings. The highest BCUT2D eigenvalue weighted by molar-refractivity contribution is 5.98. The van der Waals surface area contributed by atoms with Crippen LogP contribution in [-0.2, 0) is 4.79 Å². The Hall–Kier alpha value is -4.15. The Morgan fingerprint density at radius 1 is 1.18 bits per heavy atom. The molecular weight excluding hydrogens is 580 g/mol. The minimum Gasteiger partial charge on any atom is -0.348 e. The molecule has 0 radical (unpaired) electrons. The van der Waals surface area contributed by atoms with Crippen LogP contribution in [0.3, 0.4) is 0 Å². The molecule has 14 heteroatoms. The maximum Gasteiger partial charge on any atom is 0.294 e.